The van der Waals surface area contributed by atoms with Crippen molar-refractivity contribution in [2.75, 3.05) is 7.11 Å². The molecule has 176 valence electrons. The zero-order chi connectivity index (χ0) is 23.2. The Hall–Kier alpha value is -1.97. The maximum atomic E-state index is 13.4. The van der Waals surface area contributed by atoms with Gasteiger partial charge < -0.3 is 9.84 Å². The number of fused-ring (bicyclic) bond motifs is 5. The molecule has 0 saturated heterocycles. The second kappa shape index (κ2) is 8.67. The topological polar surface area (TPSA) is 46.5 Å². The number of rotatable bonds is 5. The van der Waals surface area contributed by atoms with E-state index in [-0.39, 0.29) is 17.4 Å². The van der Waals surface area contributed by atoms with E-state index in [2.05, 4.69) is 43.4 Å². The molecule has 0 spiro atoms. The summed E-state index contributed by atoms with van der Waals surface area (Å²) in [6.45, 7) is 4.29. The molecule has 5 rings (SSSR count). The molecule has 3 heteroatoms. The highest BCUT2D eigenvalue weighted by atomic mass is 16.5. The molecule has 4 aliphatic carbocycles. The number of ether oxygens (including phenoxy) is 1. The van der Waals surface area contributed by atoms with Gasteiger partial charge in [-0.15, -0.1) is 0 Å². The van der Waals surface area contributed by atoms with Gasteiger partial charge in [0.2, 0.25) is 0 Å². The Morgan fingerprint density at radius 3 is 2.73 bits per heavy atom. The number of ketones is 1. The Kier molecular flexibility index (Phi) is 5.99. The molecule has 3 nitrogen and oxygen atoms in total. The van der Waals surface area contributed by atoms with Crippen molar-refractivity contribution in [2.45, 2.75) is 70.5 Å². The third-order valence-electron chi connectivity index (χ3n) is 9.30. The van der Waals surface area contributed by atoms with Gasteiger partial charge >= 0.3 is 0 Å². The van der Waals surface area contributed by atoms with Gasteiger partial charge in [-0.2, -0.15) is 0 Å². The average Bonchev–Trinajstić information content (AvgIpc) is 3.07. The predicted octanol–water partition coefficient (Wildman–Crippen LogP) is 5.84. The third-order valence-corrected chi connectivity index (χ3v) is 9.30. The first-order valence-electron chi connectivity index (χ1n) is 12.8. The molecule has 0 amide bonds. The molecule has 3 fully saturated rings. The first-order chi connectivity index (χ1) is 15.9. The van der Waals surface area contributed by atoms with Crippen LogP contribution < -0.4 is 0 Å². The fourth-order valence-corrected chi connectivity index (χ4v) is 7.65. The fraction of sp³-hybridized carbons (Fsp3) is 0.567. The van der Waals surface area contributed by atoms with Gasteiger partial charge in [-0.05, 0) is 92.1 Å². The van der Waals surface area contributed by atoms with Gasteiger partial charge in [0.25, 0.3) is 0 Å². The summed E-state index contributed by atoms with van der Waals surface area (Å²) in [5.74, 6) is 2.22. The van der Waals surface area contributed by atoms with Crippen molar-refractivity contribution in [3.05, 3.63) is 71.3 Å². The van der Waals surface area contributed by atoms with Crippen molar-refractivity contribution in [2.24, 2.45) is 29.1 Å². The number of carbonyl (C=O) groups excluding carboxylic acids is 1. The Bertz CT molecular complexity index is 989. The van der Waals surface area contributed by atoms with Crippen LogP contribution >= 0.6 is 0 Å². The van der Waals surface area contributed by atoms with Crippen molar-refractivity contribution in [1.29, 1.82) is 0 Å². The highest BCUT2D eigenvalue weighted by Gasteiger charge is 2.58. The molecular weight excluding hydrogens is 408 g/mol. The molecule has 33 heavy (non-hydrogen) atoms. The Balaban J connectivity index is 1.41. The lowest BCUT2D eigenvalue weighted by Gasteiger charge is -2.51. The molecule has 2 unspecified atom stereocenters. The molecule has 0 radical (unpaired) electrons. The minimum absolute atomic E-state index is 0.154. The maximum Gasteiger partial charge on any atom is 0.142 e. The van der Waals surface area contributed by atoms with Gasteiger partial charge in [0.05, 0.1) is 0 Å². The van der Waals surface area contributed by atoms with Crippen molar-refractivity contribution in [3.8, 4) is 0 Å². The van der Waals surface area contributed by atoms with E-state index in [1.165, 1.54) is 11.1 Å². The molecule has 3 saturated carbocycles. The van der Waals surface area contributed by atoms with E-state index in [4.69, 9.17) is 4.74 Å². The standard InChI is InChI=1S/C30H38O3/c1-4-5-11-21-16-26-24-13-12-22-19-30(32,18-20-9-7-6-8-10-20)27(33-3)17-25(22)23(24)14-15-29(26,2)28(21)31/h4-10,17,19,21,23-24,26-27,32H,11-16,18H2,1-3H3/b5-4+/t21-,23+,24-,26+,27?,29+,30?/m1/s1. The summed E-state index contributed by atoms with van der Waals surface area (Å²) in [6.07, 6.45) is 14.9. The highest BCUT2D eigenvalue weighted by molar-refractivity contribution is 5.89. The van der Waals surface area contributed by atoms with Crippen LogP contribution in [-0.2, 0) is 16.0 Å². The molecule has 7 atom stereocenters. The van der Waals surface area contributed by atoms with Gasteiger partial charge in [0, 0.05) is 24.9 Å². The first-order valence-corrected chi connectivity index (χ1v) is 12.8. The number of hydrogen-bond donors (Lipinski definition) is 1. The van der Waals surface area contributed by atoms with Crippen LogP contribution in [0.4, 0.5) is 0 Å². The Morgan fingerprint density at radius 2 is 2.00 bits per heavy atom. The molecule has 0 heterocycles. The van der Waals surface area contributed by atoms with E-state index >= 15 is 0 Å². The summed E-state index contributed by atoms with van der Waals surface area (Å²) < 4.78 is 5.86. The number of allylic oxidation sites excluding steroid dienone is 4. The largest absolute Gasteiger partial charge is 0.382 e. The van der Waals surface area contributed by atoms with E-state index < -0.39 is 5.60 Å². The summed E-state index contributed by atoms with van der Waals surface area (Å²) in [6, 6.07) is 10.2. The fourth-order valence-electron chi connectivity index (χ4n) is 7.65. The maximum absolute atomic E-state index is 13.4. The van der Waals surface area contributed by atoms with E-state index in [1.807, 2.05) is 25.1 Å². The lowest BCUT2D eigenvalue weighted by atomic mass is 9.54. The molecule has 4 aliphatic rings. The van der Waals surface area contributed by atoms with Crippen molar-refractivity contribution < 1.29 is 14.6 Å². The second-order valence-electron chi connectivity index (χ2n) is 11.1. The van der Waals surface area contributed by atoms with E-state index in [1.54, 1.807) is 7.11 Å². The van der Waals surface area contributed by atoms with Gasteiger partial charge in [0.1, 0.15) is 17.5 Å². The monoisotopic (exact) mass is 446 g/mol. The number of hydrogen-bond acceptors (Lipinski definition) is 3. The normalized spacial score (nSPS) is 40.1. The van der Waals surface area contributed by atoms with Crippen LogP contribution in [0, 0.1) is 29.1 Å². The molecule has 1 aromatic carbocycles. The third kappa shape index (κ3) is 3.78. The Morgan fingerprint density at radius 1 is 1.21 bits per heavy atom. The molecule has 0 aromatic heterocycles. The summed E-state index contributed by atoms with van der Waals surface area (Å²) >= 11 is 0. The minimum Gasteiger partial charge on any atom is -0.382 e. The van der Waals surface area contributed by atoms with Crippen molar-refractivity contribution in [3.63, 3.8) is 0 Å². The van der Waals surface area contributed by atoms with Crippen LogP contribution in [0.15, 0.2) is 65.8 Å². The summed E-state index contributed by atoms with van der Waals surface area (Å²) in [7, 11) is 1.70. The van der Waals surface area contributed by atoms with Gasteiger partial charge in [0.15, 0.2) is 0 Å². The number of benzene rings is 1. The summed E-state index contributed by atoms with van der Waals surface area (Å²) in [4.78, 5) is 13.4. The van der Waals surface area contributed by atoms with Crippen molar-refractivity contribution in [1.82, 2.24) is 0 Å². The number of methoxy groups -OCH3 is 1. The lowest BCUT2D eigenvalue weighted by molar-refractivity contribution is -0.132. The SMILES string of the molecule is C/C=C/C[C@@H]1C[C@H]2[C@@H]3CCC4=CC(O)(Cc5ccccc5)C(OC)C=C4[C@H]3CC[C@]2(C)C1=O. The van der Waals surface area contributed by atoms with Crippen LogP contribution in [0.1, 0.15) is 57.9 Å². The van der Waals surface area contributed by atoms with Crippen LogP contribution in [0.25, 0.3) is 0 Å². The predicted molar refractivity (Wildman–Crippen MR) is 132 cm³/mol. The van der Waals surface area contributed by atoms with Crippen LogP contribution in [0.5, 0.6) is 0 Å². The number of carbonyl (C=O) groups is 1. The molecular formula is C30H38O3. The molecule has 0 aliphatic heterocycles. The van der Waals surface area contributed by atoms with Crippen LogP contribution in [0.2, 0.25) is 0 Å². The van der Waals surface area contributed by atoms with E-state index in [0.29, 0.717) is 30.0 Å². The molecule has 1 aromatic rings. The highest BCUT2D eigenvalue weighted by Crippen LogP contribution is 2.61. The second-order valence-corrected chi connectivity index (χ2v) is 11.1. The van der Waals surface area contributed by atoms with Crippen LogP contribution in [-0.4, -0.2) is 29.7 Å². The van der Waals surface area contributed by atoms with E-state index in [0.717, 1.165) is 44.1 Å². The van der Waals surface area contributed by atoms with Crippen molar-refractivity contribution >= 4 is 5.78 Å². The average molecular weight is 447 g/mol. The summed E-state index contributed by atoms with van der Waals surface area (Å²) in [5.41, 5.74) is 2.64. The quantitative estimate of drug-likeness (QED) is 0.578. The smallest absolute Gasteiger partial charge is 0.142 e. The Labute approximate surface area is 198 Å². The lowest BCUT2D eigenvalue weighted by Crippen LogP contribution is -2.48. The van der Waals surface area contributed by atoms with Gasteiger partial charge in [-0.25, -0.2) is 0 Å². The minimum atomic E-state index is -1.02. The van der Waals surface area contributed by atoms with Gasteiger partial charge in [-0.3, -0.25) is 4.79 Å². The molecule has 1 N–H and O–H groups in total. The van der Waals surface area contributed by atoms with E-state index in [9.17, 15) is 9.90 Å². The zero-order valence-electron chi connectivity index (χ0n) is 20.3. The van der Waals surface area contributed by atoms with Gasteiger partial charge in [-0.1, -0.05) is 49.4 Å². The number of Topliss-reactive ketones (excluding diaryl/α,β-unsaturated/α-hetero) is 1. The number of aliphatic hydroxyl groups is 1. The first kappa shape index (κ1) is 22.8. The zero-order valence-corrected chi connectivity index (χ0v) is 20.3. The summed E-state index contributed by atoms with van der Waals surface area (Å²) in [5, 5.41) is 11.7. The van der Waals surface area contributed by atoms with Crippen LogP contribution in [0.3, 0.4) is 0 Å². The molecule has 0 bridgehead atoms.